The number of carbonyl (C=O) groups is 1. The number of β-amino-alcohol motifs (C(OH)–C–C–N with tert-alkyl or cyclic N) is 1. The second-order valence-corrected chi connectivity index (χ2v) is 4.46. The Bertz CT molecular complexity index is 410. The molecule has 2 rings (SSSR count). The first-order valence-electron chi connectivity index (χ1n) is 5.49. The largest absolute Gasteiger partial charge is 0.484 e. The first-order chi connectivity index (χ1) is 8.15. The fraction of sp³-hybridized carbons (Fsp3) is 0.417. The van der Waals surface area contributed by atoms with Crippen LogP contribution in [-0.2, 0) is 4.79 Å². The number of carbonyl (C=O) groups excluding carboxylic acids is 1. The second kappa shape index (κ2) is 5.38. The summed E-state index contributed by atoms with van der Waals surface area (Å²) in [5.41, 5.74) is 0. The molecule has 17 heavy (non-hydrogen) atoms. The molecule has 92 valence electrons. The number of nitrogens with zero attached hydrogens (tertiary/aromatic N) is 1. The fourth-order valence-electron chi connectivity index (χ4n) is 1.76. The van der Waals surface area contributed by atoms with Gasteiger partial charge >= 0.3 is 0 Å². The number of ether oxygens (including phenoxy) is 1. The van der Waals surface area contributed by atoms with Crippen LogP contribution < -0.4 is 4.74 Å². The minimum Gasteiger partial charge on any atom is -0.484 e. The van der Waals surface area contributed by atoms with Crippen molar-refractivity contribution in [1.82, 2.24) is 4.90 Å². The van der Waals surface area contributed by atoms with Gasteiger partial charge in [0.15, 0.2) is 6.61 Å². The van der Waals surface area contributed by atoms with E-state index in [2.05, 4.69) is 0 Å². The van der Waals surface area contributed by atoms with Gasteiger partial charge in [0.25, 0.3) is 5.91 Å². The molecule has 1 N–H and O–H groups in total. The topological polar surface area (TPSA) is 49.8 Å². The summed E-state index contributed by atoms with van der Waals surface area (Å²) in [7, 11) is 0. The van der Waals surface area contributed by atoms with Crippen molar-refractivity contribution in [3.05, 3.63) is 29.3 Å². The lowest BCUT2D eigenvalue weighted by atomic mass is 10.3. The van der Waals surface area contributed by atoms with Gasteiger partial charge in [-0.05, 0) is 24.6 Å². The van der Waals surface area contributed by atoms with Crippen molar-refractivity contribution in [3.8, 4) is 5.75 Å². The summed E-state index contributed by atoms with van der Waals surface area (Å²) >= 11 is 5.80. The molecule has 4 nitrogen and oxygen atoms in total. The Morgan fingerprint density at radius 1 is 1.59 bits per heavy atom. The van der Waals surface area contributed by atoms with Gasteiger partial charge in [0.2, 0.25) is 0 Å². The Kier molecular flexibility index (Phi) is 3.86. The third kappa shape index (κ3) is 3.35. The number of rotatable bonds is 3. The van der Waals surface area contributed by atoms with Crippen LogP contribution >= 0.6 is 11.6 Å². The van der Waals surface area contributed by atoms with Crippen molar-refractivity contribution in [2.75, 3.05) is 19.7 Å². The molecule has 1 aromatic carbocycles. The van der Waals surface area contributed by atoms with Crippen molar-refractivity contribution in [1.29, 1.82) is 0 Å². The van der Waals surface area contributed by atoms with Gasteiger partial charge in [-0.25, -0.2) is 0 Å². The molecule has 1 saturated heterocycles. The van der Waals surface area contributed by atoms with Gasteiger partial charge in [-0.2, -0.15) is 0 Å². The lowest BCUT2D eigenvalue weighted by Crippen LogP contribution is -2.33. The number of likely N-dealkylation sites (tertiary alicyclic amines) is 1. The number of aliphatic hydroxyl groups is 1. The van der Waals surface area contributed by atoms with Gasteiger partial charge in [-0.3, -0.25) is 4.79 Å². The van der Waals surface area contributed by atoms with E-state index in [1.165, 1.54) is 0 Å². The zero-order chi connectivity index (χ0) is 12.3. The Morgan fingerprint density at radius 3 is 3.06 bits per heavy atom. The van der Waals surface area contributed by atoms with Gasteiger partial charge in [0.05, 0.1) is 6.10 Å². The van der Waals surface area contributed by atoms with Crippen molar-refractivity contribution >= 4 is 17.5 Å². The summed E-state index contributed by atoms with van der Waals surface area (Å²) in [5, 5.41) is 9.89. The summed E-state index contributed by atoms with van der Waals surface area (Å²) in [4.78, 5) is 13.3. The standard InChI is InChI=1S/C12H14ClNO3/c13-9-2-1-3-11(6-9)17-8-12(16)14-5-4-10(15)7-14/h1-3,6,10,15H,4-5,7-8H2. The average molecular weight is 256 g/mol. The normalized spacial score (nSPS) is 19.4. The van der Waals surface area contributed by atoms with E-state index in [-0.39, 0.29) is 12.5 Å². The maximum absolute atomic E-state index is 11.7. The Balaban J connectivity index is 1.84. The summed E-state index contributed by atoms with van der Waals surface area (Å²) in [6.45, 7) is 0.976. The number of hydrogen-bond acceptors (Lipinski definition) is 3. The molecule has 1 aliphatic rings. The molecular formula is C12H14ClNO3. The van der Waals surface area contributed by atoms with Crippen molar-refractivity contribution in [3.63, 3.8) is 0 Å². The first kappa shape index (κ1) is 12.2. The van der Waals surface area contributed by atoms with Crippen LogP contribution in [0.25, 0.3) is 0 Å². The second-order valence-electron chi connectivity index (χ2n) is 4.03. The van der Waals surface area contributed by atoms with Crippen molar-refractivity contribution in [2.24, 2.45) is 0 Å². The molecule has 1 fully saturated rings. The van der Waals surface area contributed by atoms with Crippen LogP contribution in [0.4, 0.5) is 0 Å². The molecule has 1 aliphatic heterocycles. The molecule has 1 amide bonds. The molecule has 0 aliphatic carbocycles. The molecular weight excluding hydrogens is 242 g/mol. The SMILES string of the molecule is O=C(COc1cccc(Cl)c1)N1CCC(O)C1. The molecule has 0 radical (unpaired) electrons. The minimum atomic E-state index is -0.398. The van der Waals surface area contributed by atoms with E-state index in [1.54, 1.807) is 29.2 Å². The Morgan fingerprint density at radius 2 is 2.41 bits per heavy atom. The van der Waals surface area contributed by atoms with E-state index in [0.29, 0.717) is 30.3 Å². The maximum atomic E-state index is 11.7. The molecule has 0 spiro atoms. The monoisotopic (exact) mass is 255 g/mol. The first-order valence-corrected chi connectivity index (χ1v) is 5.87. The van der Waals surface area contributed by atoms with Gasteiger partial charge < -0.3 is 14.7 Å². The third-order valence-electron chi connectivity index (χ3n) is 2.67. The summed E-state index contributed by atoms with van der Waals surface area (Å²) in [5.74, 6) is 0.465. The molecule has 0 aromatic heterocycles. The summed E-state index contributed by atoms with van der Waals surface area (Å²) in [6.07, 6.45) is 0.244. The number of benzene rings is 1. The quantitative estimate of drug-likeness (QED) is 0.886. The zero-order valence-electron chi connectivity index (χ0n) is 9.30. The summed E-state index contributed by atoms with van der Waals surface area (Å²) < 4.78 is 5.34. The highest BCUT2D eigenvalue weighted by molar-refractivity contribution is 6.30. The van der Waals surface area contributed by atoms with E-state index in [1.807, 2.05) is 0 Å². The average Bonchev–Trinajstić information content (AvgIpc) is 2.73. The molecule has 1 atom stereocenters. The molecule has 5 heteroatoms. The molecule has 1 unspecified atom stereocenters. The highest BCUT2D eigenvalue weighted by Gasteiger charge is 2.24. The number of aliphatic hydroxyl groups excluding tert-OH is 1. The highest BCUT2D eigenvalue weighted by atomic mass is 35.5. The molecule has 0 saturated carbocycles. The van der Waals surface area contributed by atoms with Gasteiger partial charge in [0.1, 0.15) is 5.75 Å². The number of amides is 1. The lowest BCUT2D eigenvalue weighted by Gasteiger charge is -2.15. The van der Waals surface area contributed by atoms with Crippen LogP contribution in [-0.4, -0.2) is 41.7 Å². The van der Waals surface area contributed by atoms with Crippen molar-refractivity contribution < 1.29 is 14.6 Å². The van der Waals surface area contributed by atoms with Crippen LogP contribution in [0.5, 0.6) is 5.75 Å². The van der Waals surface area contributed by atoms with E-state index in [4.69, 9.17) is 16.3 Å². The van der Waals surface area contributed by atoms with E-state index >= 15 is 0 Å². The highest BCUT2D eigenvalue weighted by Crippen LogP contribution is 2.17. The third-order valence-corrected chi connectivity index (χ3v) is 2.91. The Labute approximate surface area is 105 Å². The predicted molar refractivity (Wildman–Crippen MR) is 64.2 cm³/mol. The Hall–Kier alpha value is -1.26. The maximum Gasteiger partial charge on any atom is 0.260 e. The molecule has 1 heterocycles. The van der Waals surface area contributed by atoms with Gasteiger partial charge in [-0.15, -0.1) is 0 Å². The van der Waals surface area contributed by atoms with Gasteiger partial charge in [0, 0.05) is 18.1 Å². The lowest BCUT2D eigenvalue weighted by molar-refractivity contribution is -0.132. The molecule has 0 bridgehead atoms. The van der Waals surface area contributed by atoms with Crippen LogP contribution in [0.2, 0.25) is 5.02 Å². The van der Waals surface area contributed by atoms with E-state index in [0.717, 1.165) is 0 Å². The van der Waals surface area contributed by atoms with E-state index < -0.39 is 6.10 Å². The fourth-order valence-corrected chi connectivity index (χ4v) is 1.94. The van der Waals surface area contributed by atoms with Crippen molar-refractivity contribution in [2.45, 2.75) is 12.5 Å². The van der Waals surface area contributed by atoms with Crippen LogP contribution in [0, 0.1) is 0 Å². The smallest absolute Gasteiger partial charge is 0.260 e. The predicted octanol–water partition coefficient (Wildman–Crippen LogP) is 1.31. The van der Waals surface area contributed by atoms with Crippen LogP contribution in [0.1, 0.15) is 6.42 Å². The minimum absolute atomic E-state index is 0.0208. The number of hydrogen-bond donors (Lipinski definition) is 1. The number of halogens is 1. The van der Waals surface area contributed by atoms with Gasteiger partial charge in [-0.1, -0.05) is 17.7 Å². The molecule has 1 aromatic rings. The van der Waals surface area contributed by atoms with E-state index in [9.17, 15) is 9.90 Å². The summed E-state index contributed by atoms with van der Waals surface area (Å²) in [6, 6.07) is 6.92. The van der Waals surface area contributed by atoms with Crippen LogP contribution in [0.3, 0.4) is 0 Å². The zero-order valence-corrected chi connectivity index (χ0v) is 10.1. The van der Waals surface area contributed by atoms with Crippen LogP contribution in [0.15, 0.2) is 24.3 Å².